The molecule has 0 bridgehead atoms. The summed E-state index contributed by atoms with van der Waals surface area (Å²) in [5.41, 5.74) is 3.52. The number of fused-ring (bicyclic) bond motifs is 2. The summed E-state index contributed by atoms with van der Waals surface area (Å²) >= 11 is 12.2. The van der Waals surface area contributed by atoms with E-state index in [4.69, 9.17) is 23.2 Å². The summed E-state index contributed by atoms with van der Waals surface area (Å²) in [5, 5.41) is 21.1. The van der Waals surface area contributed by atoms with Gasteiger partial charge in [-0.05, 0) is 63.9 Å². The van der Waals surface area contributed by atoms with Crippen molar-refractivity contribution in [2.45, 2.75) is 31.7 Å². The molecule has 13 heteroatoms. The molecule has 5 aromatic carbocycles. The molecule has 2 atom stereocenters. The number of piperazine rings is 1. The number of hydrogen-bond donors (Lipinski definition) is 2. The summed E-state index contributed by atoms with van der Waals surface area (Å²) < 4.78 is 0. The molecule has 0 unspecified atom stereocenters. The lowest BCUT2D eigenvalue weighted by Crippen LogP contribution is -2.66. The summed E-state index contributed by atoms with van der Waals surface area (Å²) in [6, 6.07) is 35.5. The zero-order chi connectivity index (χ0) is 37.8. The number of carbonyl (C=O) groups is 4. The minimum absolute atomic E-state index is 0.101. The highest BCUT2D eigenvalue weighted by molar-refractivity contribution is 6.42. The largest absolute Gasteiger partial charge is 0.333 e. The van der Waals surface area contributed by atoms with Gasteiger partial charge in [0.25, 0.3) is 5.91 Å². The number of nitriles is 1. The van der Waals surface area contributed by atoms with E-state index in [0.717, 1.165) is 21.9 Å². The number of anilines is 1. The Morgan fingerprint density at radius 1 is 0.852 bits per heavy atom. The van der Waals surface area contributed by atoms with Gasteiger partial charge in [-0.2, -0.15) is 10.3 Å². The molecule has 5 amide bonds. The van der Waals surface area contributed by atoms with Crippen LogP contribution in [0.5, 0.6) is 0 Å². The van der Waals surface area contributed by atoms with Crippen LogP contribution in [0.2, 0.25) is 10.0 Å². The van der Waals surface area contributed by atoms with E-state index < -0.39 is 18.2 Å². The summed E-state index contributed by atoms with van der Waals surface area (Å²) in [4.78, 5) is 58.1. The Labute approximate surface area is 322 Å². The second-order valence-electron chi connectivity index (χ2n) is 13.1. The first kappa shape index (κ1) is 36.4. The number of halogens is 2. The molecule has 0 spiro atoms. The Balaban J connectivity index is 1.16. The van der Waals surface area contributed by atoms with Gasteiger partial charge in [0, 0.05) is 30.8 Å². The fourth-order valence-electron chi connectivity index (χ4n) is 7.03. The third kappa shape index (κ3) is 7.72. The number of rotatable bonds is 10. The van der Waals surface area contributed by atoms with Gasteiger partial charge in [-0.15, -0.1) is 0 Å². The van der Waals surface area contributed by atoms with Crippen LogP contribution in [0.1, 0.15) is 27.0 Å². The molecule has 11 nitrogen and oxygen atoms in total. The SMILES string of the molecule is N#CCN(C(=O)NCc1ccc(Cl)c(Cl)c1)N1CC(=O)N2[C@@H](Cc3ccc(NC(=O)c4ccccc4)cc3)C(=O)N(Cc3cccc4ccccc34)C[C@@H]21. The quantitative estimate of drug-likeness (QED) is 0.157. The summed E-state index contributed by atoms with van der Waals surface area (Å²) in [6.07, 6.45) is -0.543. The third-order valence-corrected chi connectivity index (χ3v) is 10.4. The Hall–Kier alpha value is -5.93. The third-order valence-electron chi connectivity index (χ3n) is 9.68. The van der Waals surface area contributed by atoms with Crippen molar-refractivity contribution < 1.29 is 19.2 Å². The molecule has 2 aliphatic heterocycles. The molecule has 2 fully saturated rings. The number of benzene rings is 5. The normalized spacial score (nSPS) is 16.9. The average Bonchev–Trinajstić information content (AvgIpc) is 3.51. The average molecular weight is 761 g/mol. The van der Waals surface area contributed by atoms with Gasteiger partial charge in [-0.3, -0.25) is 14.4 Å². The van der Waals surface area contributed by atoms with Crippen LogP contribution in [0.15, 0.2) is 115 Å². The highest BCUT2D eigenvalue weighted by atomic mass is 35.5. The van der Waals surface area contributed by atoms with Gasteiger partial charge in [0.05, 0.1) is 29.2 Å². The molecule has 7 rings (SSSR count). The smallest absolute Gasteiger partial charge is 0.333 e. The van der Waals surface area contributed by atoms with Gasteiger partial charge >= 0.3 is 6.03 Å². The van der Waals surface area contributed by atoms with Crippen molar-refractivity contribution in [1.29, 1.82) is 5.26 Å². The number of carbonyl (C=O) groups excluding carboxylic acids is 4. The van der Waals surface area contributed by atoms with E-state index in [1.165, 1.54) is 5.01 Å². The monoisotopic (exact) mass is 759 g/mol. The van der Waals surface area contributed by atoms with Crippen LogP contribution in [0.3, 0.4) is 0 Å². The van der Waals surface area contributed by atoms with Gasteiger partial charge in [-0.25, -0.2) is 9.80 Å². The zero-order valence-corrected chi connectivity index (χ0v) is 30.5. The van der Waals surface area contributed by atoms with Crippen molar-refractivity contribution in [3.63, 3.8) is 0 Å². The molecule has 0 aromatic heterocycles. The van der Waals surface area contributed by atoms with E-state index in [0.29, 0.717) is 26.9 Å². The second-order valence-corrected chi connectivity index (χ2v) is 13.9. The van der Waals surface area contributed by atoms with Gasteiger partial charge < -0.3 is 20.4 Å². The molecule has 0 aliphatic carbocycles. The molecule has 0 saturated carbocycles. The van der Waals surface area contributed by atoms with E-state index >= 15 is 0 Å². The molecule has 2 saturated heterocycles. The minimum Gasteiger partial charge on any atom is -0.333 e. The highest BCUT2D eigenvalue weighted by Gasteiger charge is 2.52. The van der Waals surface area contributed by atoms with Gasteiger partial charge in [0.2, 0.25) is 11.8 Å². The fourth-order valence-corrected chi connectivity index (χ4v) is 7.35. The molecular weight excluding hydrogens is 725 g/mol. The van der Waals surface area contributed by atoms with Crippen LogP contribution in [0.4, 0.5) is 10.5 Å². The van der Waals surface area contributed by atoms with E-state index in [2.05, 4.69) is 16.7 Å². The van der Waals surface area contributed by atoms with E-state index in [9.17, 15) is 24.4 Å². The molecule has 5 aromatic rings. The highest BCUT2D eigenvalue weighted by Crippen LogP contribution is 2.32. The van der Waals surface area contributed by atoms with E-state index in [1.54, 1.807) is 69.4 Å². The molecule has 2 aliphatic rings. The van der Waals surface area contributed by atoms with Gasteiger partial charge in [-0.1, -0.05) is 102 Å². The molecule has 54 heavy (non-hydrogen) atoms. The van der Waals surface area contributed by atoms with Gasteiger partial charge in [0.1, 0.15) is 18.8 Å². The number of nitrogens with one attached hydrogen (secondary N) is 2. The van der Waals surface area contributed by atoms with Crippen LogP contribution in [0, 0.1) is 11.3 Å². The van der Waals surface area contributed by atoms with Crippen molar-refractivity contribution in [2.24, 2.45) is 0 Å². The van der Waals surface area contributed by atoms with Crippen molar-refractivity contribution in [1.82, 2.24) is 25.1 Å². The number of urea groups is 1. The summed E-state index contributed by atoms with van der Waals surface area (Å²) in [7, 11) is 0. The van der Waals surface area contributed by atoms with E-state index in [-0.39, 0.29) is 56.9 Å². The maximum atomic E-state index is 14.5. The summed E-state index contributed by atoms with van der Waals surface area (Å²) in [5.74, 6) is -0.815. The molecule has 0 radical (unpaired) electrons. The molecule has 2 N–H and O–H groups in total. The van der Waals surface area contributed by atoms with E-state index in [1.807, 2.05) is 60.7 Å². The first-order valence-electron chi connectivity index (χ1n) is 17.3. The molecule has 2 heterocycles. The van der Waals surface area contributed by atoms with Crippen LogP contribution < -0.4 is 10.6 Å². The second kappa shape index (κ2) is 16.0. The van der Waals surface area contributed by atoms with Crippen LogP contribution in [0.25, 0.3) is 10.8 Å². The predicted octanol–water partition coefficient (Wildman–Crippen LogP) is 6.47. The standard InChI is InChI=1S/C41H35Cl2N7O4/c42-34-18-15-28(21-35(34)43)23-45-41(54)48(20-19-44)49-26-38(51)50-36(22-27-13-16-32(17-14-27)46-39(52)30-8-2-1-3-9-30)40(53)47(25-37(49)50)24-31-11-6-10-29-7-4-5-12-33(29)31/h1-18,21,36-37H,20,22-26H2,(H,45,54)(H,46,52)/t36-,37+/m0/s1. The number of hydrazine groups is 1. The Kier molecular flexibility index (Phi) is 10.8. The zero-order valence-electron chi connectivity index (χ0n) is 29.0. The summed E-state index contributed by atoms with van der Waals surface area (Å²) in [6.45, 7) is -0.0538. The number of amides is 5. The maximum absolute atomic E-state index is 14.5. The molecular formula is C41H35Cl2N7O4. The first-order chi connectivity index (χ1) is 26.2. The van der Waals surface area contributed by atoms with Crippen molar-refractivity contribution in [2.75, 3.05) is 25.0 Å². The predicted molar refractivity (Wildman–Crippen MR) is 206 cm³/mol. The minimum atomic E-state index is -0.899. The van der Waals surface area contributed by atoms with Crippen LogP contribution >= 0.6 is 23.2 Å². The lowest BCUT2D eigenvalue weighted by molar-refractivity contribution is -0.157. The van der Waals surface area contributed by atoms with Crippen molar-refractivity contribution in [3.05, 3.63) is 148 Å². The Bertz CT molecular complexity index is 2260. The number of nitrogens with zero attached hydrogens (tertiary/aromatic N) is 5. The van der Waals surface area contributed by atoms with Crippen LogP contribution in [-0.4, -0.2) is 75.4 Å². The maximum Gasteiger partial charge on any atom is 0.333 e. The lowest BCUT2D eigenvalue weighted by Gasteiger charge is -2.46. The van der Waals surface area contributed by atoms with Crippen LogP contribution in [-0.2, 0) is 29.1 Å². The Morgan fingerprint density at radius 3 is 2.33 bits per heavy atom. The molecule has 272 valence electrons. The van der Waals surface area contributed by atoms with Crippen molar-refractivity contribution >= 4 is 63.4 Å². The topological polar surface area (TPSA) is 129 Å². The lowest BCUT2D eigenvalue weighted by atomic mass is 9.98. The number of hydrogen-bond acceptors (Lipinski definition) is 6. The Morgan fingerprint density at radius 2 is 1.57 bits per heavy atom. The van der Waals surface area contributed by atoms with Crippen molar-refractivity contribution in [3.8, 4) is 6.07 Å². The first-order valence-corrected chi connectivity index (χ1v) is 18.1. The fraction of sp³-hybridized carbons (Fsp3) is 0.195. The van der Waals surface area contributed by atoms with Gasteiger partial charge in [0.15, 0.2) is 0 Å².